The molecule has 2 fully saturated rings. The number of carbonyl (C=O) groups excluding carboxylic acids is 3. The Hall–Kier alpha value is -2.63. The zero-order chi connectivity index (χ0) is 19.1. The number of hydrogen-bond acceptors (Lipinski definition) is 4. The highest BCUT2D eigenvalue weighted by Gasteiger charge is 2.27. The van der Waals surface area contributed by atoms with Gasteiger partial charge in [-0.3, -0.25) is 19.3 Å². The maximum atomic E-state index is 11.9. The number of nitrogens with zero attached hydrogens (tertiary/aromatic N) is 1. The Kier molecular flexibility index (Phi) is 6.63. The van der Waals surface area contributed by atoms with Crippen LogP contribution in [0.4, 0.5) is 0 Å². The maximum absolute atomic E-state index is 11.9. The van der Waals surface area contributed by atoms with Crippen molar-refractivity contribution >= 4 is 23.8 Å². The van der Waals surface area contributed by atoms with Gasteiger partial charge in [0.2, 0.25) is 17.7 Å². The average molecular weight is 370 g/mol. The van der Waals surface area contributed by atoms with E-state index in [0.29, 0.717) is 38.5 Å². The van der Waals surface area contributed by atoms with E-state index in [2.05, 4.69) is 5.32 Å². The number of ether oxygens (including phenoxy) is 1. The van der Waals surface area contributed by atoms with E-state index in [-0.39, 0.29) is 17.7 Å². The Bertz CT molecular complexity index is 707. The second-order valence-corrected chi connectivity index (χ2v) is 7.01. The summed E-state index contributed by atoms with van der Waals surface area (Å²) in [4.78, 5) is 36.2. The van der Waals surface area contributed by atoms with E-state index < -0.39 is 0 Å². The monoisotopic (exact) mass is 370 g/mol. The molecule has 2 aliphatic rings. The summed E-state index contributed by atoms with van der Waals surface area (Å²) in [6.07, 6.45) is 9.38. The Balaban J connectivity index is 1.40. The number of nitrogens with one attached hydrogen (secondary N) is 1. The lowest BCUT2D eigenvalue weighted by atomic mass is 10.2. The quantitative estimate of drug-likeness (QED) is 0.434. The molecule has 6 nitrogen and oxygen atoms in total. The number of amides is 3. The number of hydrogen-bond donors (Lipinski definition) is 1. The summed E-state index contributed by atoms with van der Waals surface area (Å²) >= 11 is 0. The van der Waals surface area contributed by atoms with Crippen molar-refractivity contribution in [3.05, 3.63) is 35.9 Å². The summed E-state index contributed by atoms with van der Waals surface area (Å²) in [7, 11) is 0. The highest BCUT2D eigenvalue weighted by molar-refractivity contribution is 6.01. The van der Waals surface area contributed by atoms with E-state index in [0.717, 1.165) is 24.2 Å². The molecule has 1 aliphatic carbocycles. The molecule has 0 atom stereocenters. The van der Waals surface area contributed by atoms with Crippen LogP contribution >= 0.6 is 0 Å². The predicted octanol–water partition coefficient (Wildman–Crippen LogP) is 2.68. The van der Waals surface area contributed by atoms with Gasteiger partial charge in [-0.25, -0.2) is 0 Å². The molecule has 0 aromatic heterocycles. The summed E-state index contributed by atoms with van der Waals surface area (Å²) in [5.74, 6) is 0.400. The Morgan fingerprint density at radius 3 is 2.67 bits per heavy atom. The normalized spacial score (nSPS) is 17.9. The van der Waals surface area contributed by atoms with E-state index >= 15 is 0 Å². The van der Waals surface area contributed by atoms with Gasteiger partial charge in [-0.1, -0.05) is 12.1 Å². The third-order valence-electron chi connectivity index (χ3n) is 4.90. The van der Waals surface area contributed by atoms with Gasteiger partial charge in [-0.15, -0.1) is 0 Å². The molecule has 144 valence electrons. The first-order valence-electron chi connectivity index (χ1n) is 9.67. The van der Waals surface area contributed by atoms with Gasteiger partial charge in [0.25, 0.3) is 0 Å². The molecule has 1 N–H and O–H groups in total. The van der Waals surface area contributed by atoms with Crippen LogP contribution in [0.3, 0.4) is 0 Å². The van der Waals surface area contributed by atoms with Gasteiger partial charge in [0.05, 0.1) is 6.10 Å². The Morgan fingerprint density at radius 1 is 1.19 bits per heavy atom. The fourth-order valence-electron chi connectivity index (χ4n) is 3.44. The summed E-state index contributed by atoms with van der Waals surface area (Å²) in [5, 5.41) is 2.77. The first kappa shape index (κ1) is 19.1. The molecule has 1 saturated carbocycles. The fourth-order valence-corrected chi connectivity index (χ4v) is 3.44. The lowest BCUT2D eigenvalue weighted by Gasteiger charge is -2.13. The third-order valence-corrected chi connectivity index (χ3v) is 4.90. The zero-order valence-electron chi connectivity index (χ0n) is 15.5. The van der Waals surface area contributed by atoms with Crippen molar-refractivity contribution in [2.75, 3.05) is 13.1 Å². The van der Waals surface area contributed by atoms with Crippen molar-refractivity contribution in [3.8, 4) is 5.75 Å². The molecule has 3 amide bonds. The van der Waals surface area contributed by atoms with Crippen molar-refractivity contribution in [3.63, 3.8) is 0 Å². The lowest BCUT2D eigenvalue weighted by Crippen LogP contribution is -2.32. The van der Waals surface area contributed by atoms with Crippen molar-refractivity contribution in [2.24, 2.45) is 0 Å². The largest absolute Gasteiger partial charge is 0.490 e. The van der Waals surface area contributed by atoms with Crippen LogP contribution in [-0.4, -0.2) is 41.8 Å². The molecular formula is C21H26N2O4. The molecule has 0 radical (unpaired) electrons. The summed E-state index contributed by atoms with van der Waals surface area (Å²) in [6.45, 7) is 0.785. The molecule has 3 rings (SSSR count). The van der Waals surface area contributed by atoms with Crippen LogP contribution in [0.5, 0.6) is 5.75 Å². The van der Waals surface area contributed by atoms with Crippen LogP contribution in [-0.2, 0) is 14.4 Å². The van der Waals surface area contributed by atoms with Crippen LogP contribution in [0.1, 0.15) is 50.5 Å². The van der Waals surface area contributed by atoms with E-state index in [1.54, 1.807) is 6.08 Å². The highest BCUT2D eigenvalue weighted by Crippen LogP contribution is 2.24. The molecule has 1 saturated heterocycles. The van der Waals surface area contributed by atoms with E-state index in [1.165, 1.54) is 23.8 Å². The van der Waals surface area contributed by atoms with Gasteiger partial charge in [0.1, 0.15) is 5.75 Å². The van der Waals surface area contributed by atoms with Crippen LogP contribution in [0, 0.1) is 0 Å². The minimum absolute atomic E-state index is 0.120. The summed E-state index contributed by atoms with van der Waals surface area (Å²) in [5.41, 5.74) is 0.911. The number of imide groups is 1. The minimum Gasteiger partial charge on any atom is -0.490 e. The predicted molar refractivity (Wildman–Crippen MR) is 102 cm³/mol. The van der Waals surface area contributed by atoms with E-state index in [1.807, 2.05) is 24.3 Å². The van der Waals surface area contributed by atoms with Gasteiger partial charge < -0.3 is 10.1 Å². The number of likely N-dealkylation sites (tertiary alicyclic amines) is 1. The summed E-state index contributed by atoms with van der Waals surface area (Å²) < 4.78 is 5.97. The van der Waals surface area contributed by atoms with E-state index in [9.17, 15) is 14.4 Å². The number of benzene rings is 1. The average Bonchev–Trinajstić information content (AvgIpc) is 3.28. The minimum atomic E-state index is -0.198. The molecule has 1 aliphatic heterocycles. The molecule has 27 heavy (non-hydrogen) atoms. The molecular weight excluding hydrogens is 344 g/mol. The van der Waals surface area contributed by atoms with Crippen LogP contribution < -0.4 is 10.1 Å². The molecule has 0 bridgehead atoms. The van der Waals surface area contributed by atoms with Crippen LogP contribution in [0.25, 0.3) is 6.08 Å². The van der Waals surface area contributed by atoms with Crippen molar-refractivity contribution in [2.45, 2.75) is 51.0 Å². The second kappa shape index (κ2) is 9.35. The van der Waals surface area contributed by atoms with Crippen molar-refractivity contribution < 1.29 is 19.1 Å². The van der Waals surface area contributed by atoms with Crippen molar-refractivity contribution in [1.29, 1.82) is 0 Å². The zero-order valence-corrected chi connectivity index (χ0v) is 15.5. The second-order valence-electron chi connectivity index (χ2n) is 7.01. The molecule has 0 unspecified atom stereocenters. The van der Waals surface area contributed by atoms with Gasteiger partial charge in [-0.05, 0) is 55.9 Å². The Morgan fingerprint density at radius 2 is 1.93 bits per heavy atom. The smallest absolute Gasteiger partial charge is 0.244 e. The molecule has 0 spiro atoms. The summed E-state index contributed by atoms with van der Waals surface area (Å²) in [6, 6.07) is 7.73. The Labute approximate surface area is 159 Å². The van der Waals surface area contributed by atoms with Gasteiger partial charge in [0.15, 0.2) is 0 Å². The van der Waals surface area contributed by atoms with Crippen molar-refractivity contribution in [1.82, 2.24) is 10.2 Å². The van der Waals surface area contributed by atoms with Gasteiger partial charge in [0, 0.05) is 32.0 Å². The van der Waals surface area contributed by atoms with Gasteiger partial charge >= 0.3 is 0 Å². The lowest BCUT2D eigenvalue weighted by molar-refractivity contribution is -0.138. The SMILES string of the molecule is O=C(C=Cc1cccc(OC2CCCC2)c1)NCCCN1C(=O)CCC1=O. The maximum Gasteiger partial charge on any atom is 0.244 e. The standard InChI is InChI=1S/C21H26N2O4/c24-19(22-13-4-14-23-20(25)11-12-21(23)26)10-9-16-5-3-8-18(15-16)27-17-6-1-2-7-17/h3,5,8-10,15,17H,1-2,4,6-7,11-14H2,(H,22,24). The highest BCUT2D eigenvalue weighted by atomic mass is 16.5. The molecule has 1 aromatic rings. The van der Waals surface area contributed by atoms with E-state index in [4.69, 9.17) is 4.74 Å². The molecule has 1 heterocycles. The van der Waals surface area contributed by atoms with Crippen LogP contribution in [0.2, 0.25) is 0 Å². The number of rotatable bonds is 8. The topological polar surface area (TPSA) is 75.7 Å². The molecule has 6 heteroatoms. The first-order chi connectivity index (χ1) is 13.1. The number of carbonyl (C=O) groups is 3. The first-order valence-corrected chi connectivity index (χ1v) is 9.67. The fraction of sp³-hybridized carbons (Fsp3) is 0.476. The molecule has 1 aromatic carbocycles. The van der Waals surface area contributed by atoms with Crippen LogP contribution in [0.15, 0.2) is 30.3 Å². The third kappa shape index (κ3) is 5.67. The van der Waals surface area contributed by atoms with Gasteiger partial charge in [-0.2, -0.15) is 0 Å².